The maximum Gasteiger partial charge on any atom is 0.292 e. The molecule has 30 heavy (non-hydrogen) atoms. The van der Waals surface area contributed by atoms with Crippen LogP contribution in [0.2, 0.25) is 0 Å². The second-order valence-electron chi connectivity index (χ2n) is 8.33. The molecule has 0 bridgehead atoms. The van der Waals surface area contributed by atoms with Gasteiger partial charge in [-0.2, -0.15) is 0 Å². The lowest BCUT2D eigenvalue weighted by molar-refractivity contribution is -0.918. The maximum atomic E-state index is 13.0. The first-order valence-electron chi connectivity index (χ1n) is 10.6. The Morgan fingerprint density at radius 1 is 1.00 bits per heavy atom. The average molecular weight is 415 g/mol. The number of benzene rings is 1. The Hall–Kier alpha value is -2.78. The van der Waals surface area contributed by atoms with Crippen LogP contribution in [0.4, 0.5) is 5.69 Å². The van der Waals surface area contributed by atoms with Crippen LogP contribution in [0.25, 0.3) is 0 Å². The SMILES string of the molecule is O=C([O-])c1ccc(N2C(=O)C[C@H]([NH+]3CCN(C(=O)C[NH+]4CCCC4)CC3)C2=O)cc1. The molecule has 160 valence electrons. The Balaban J connectivity index is 1.35. The number of amides is 3. The number of hydrogen-bond acceptors (Lipinski definition) is 5. The Bertz CT molecular complexity index is 841. The van der Waals surface area contributed by atoms with Crippen molar-refractivity contribution in [3.63, 3.8) is 0 Å². The number of aromatic carboxylic acids is 1. The third-order valence-electron chi connectivity index (χ3n) is 6.47. The van der Waals surface area contributed by atoms with E-state index >= 15 is 0 Å². The summed E-state index contributed by atoms with van der Waals surface area (Å²) in [7, 11) is 0. The van der Waals surface area contributed by atoms with Crippen molar-refractivity contribution < 1.29 is 34.1 Å². The lowest BCUT2D eigenvalue weighted by atomic mass is 10.1. The van der Waals surface area contributed by atoms with Gasteiger partial charge >= 0.3 is 0 Å². The molecule has 3 aliphatic rings. The number of quaternary nitrogens is 2. The van der Waals surface area contributed by atoms with Crippen molar-refractivity contribution in [1.29, 1.82) is 0 Å². The first-order valence-corrected chi connectivity index (χ1v) is 10.6. The molecule has 3 amide bonds. The Kier molecular flexibility index (Phi) is 5.83. The Morgan fingerprint density at radius 3 is 2.23 bits per heavy atom. The number of piperazine rings is 1. The number of hydrogen-bond donors (Lipinski definition) is 2. The van der Waals surface area contributed by atoms with E-state index in [-0.39, 0.29) is 29.7 Å². The highest BCUT2D eigenvalue weighted by molar-refractivity contribution is 6.21. The summed E-state index contributed by atoms with van der Waals surface area (Å²) in [4.78, 5) is 54.3. The van der Waals surface area contributed by atoms with Crippen LogP contribution < -0.4 is 19.8 Å². The van der Waals surface area contributed by atoms with Crippen LogP contribution in [-0.2, 0) is 14.4 Å². The van der Waals surface area contributed by atoms with Gasteiger partial charge < -0.3 is 24.6 Å². The number of carboxylic acids is 1. The molecule has 0 saturated carbocycles. The van der Waals surface area contributed by atoms with Crippen molar-refractivity contribution in [2.24, 2.45) is 0 Å². The molecule has 9 nitrogen and oxygen atoms in total. The zero-order valence-electron chi connectivity index (χ0n) is 16.9. The highest BCUT2D eigenvalue weighted by Crippen LogP contribution is 2.22. The molecule has 0 unspecified atom stereocenters. The van der Waals surface area contributed by atoms with E-state index in [1.807, 2.05) is 4.90 Å². The van der Waals surface area contributed by atoms with Crippen LogP contribution >= 0.6 is 0 Å². The molecule has 2 N–H and O–H groups in total. The standard InChI is InChI=1S/C21H26N4O5/c26-18-13-17(20(28)25(18)16-5-3-15(4-6-16)21(29)30)23-9-11-24(12-10-23)19(27)14-22-7-1-2-8-22/h3-6,17H,1-2,7-14H2,(H,29,30)/p+1/t17-/m0/s1. The predicted molar refractivity (Wildman–Crippen MR) is 104 cm³/mol. The number of likely N-dealkylation sites (tertiary alicyclic amines) is 1. The van der Waals surface area contributed by atoms with Gasteiger partial charge in [-0.1, -0.05) is 12.1 Å². The molecule has 3 heterocycles. The molecule has 3 saturated heterocycles. The average Bonchev–Trinajstić information content (AvgIpc) is 3.35. The van der Waals surface area contributed by atoms with E-state index in [1.54, 1.807) is 0 Å². The molecule has 1 atom stereocenters. The van der Waals surface area contributed by atoms with Gasteiger partial charge in [0.05, 0.1) is 57.3 Å². The quantitative estimate of drug-likeness (QED) is 0.478. The molecule has 1 aromatic rings. The summed E-state index contributed by atoms with van der Waals surface area (Å²) in [6.07, 6.45) is 2.50. The number of nitrogens with one attached hydrogen (secondary N) is 2. The Morgan fingerprint density at radius 2 is 1.63 bits per heavy atom. The molecule has 0 spiro atoms. The molecule has 1 aromatic carbocycles. The smallest absolute Gasteiger partial charge is 0.292 e. The first kappa shape index (κ1) is 20.5. The third-order valence-corrected chi connectivity index (χ3v) is 6.47. The summed E-state index contributed by atoms with van der Waals surface area (Å²) >= 11 is 0. The van der Waals surface area contributed by atoms with E-state index in [1.165, 1.54) is 42.0 Å². The second-order valence-corrected chi connectivity index (χ2v) is 8.33. The van der Waals surface area contributed by atoms with Crippen molar-refractivity contribution in [3.05, 3.63) is 29.8 Å². The van der Waals surface area contributed by atoms with Crippen molar-refractivity contribution in [1.82, 2.24) is 4.90 Å². The molecule has 9 heteroatoms. The van der Waals surface area contributed by atoms with Crippen LogP contribution in [0.5, 0.6) is 0 Å². The van der Waals surface area contributed by atoms with E-state index in [2.05, 4.69) is 0 Å². The van der Waals surface area contributed by atoms with Gasteiger partial charge in [-0.3, -0.25) is 14.4 Å². The van der Waals surface area contributed by atoms with Crippen molar-refractivity contribution in [2.75, 3.05) is 50.7 Å². The summed E-state index contributed by atoms with van der Waals surface area (Å²) in [6.45, 7) is 5.15. The predicted octanol–water partition coefficient (Wildman–Crippen LogP) is -3.91. The molecule has 3 aliphatic heterocycles. The van der Waals surface area contributed by atoms with Gasteiger partial charge in [-0.15, -0.1) is 0 Å². The van der Waals surface area contributed by atoms with Crippen LogP contribution in [0, 0.1) is 0 Å². The highest BCUT2D eigenvalue weighted by Gasteiger charge is 2.46. The van der Waals surface area contributed by atoms with Gasteiger partial charge in [0, 0.05) is 12.8 Å². The minimum atomic E-state index is -1.30. The fraction of sp³-hybridized carbons (Fsp3) is 0.524. The van der Waals surface area contributed by atoms with Gasteiger partial charge in [-0.05, 0) is 17.7 Å². The molecule has 0 aliphatic carbocycles. The zero-order chi connectivity index (χ0) is 21.3. The van der Waals surface area contributed by atoms with Gasteiger partial charge in [-0.25, -0.2) is 4.90 Å². The van der Waals surface area contributed by atoms with Crippen molar-refractivity contribution in [3.8, 4) is 0 Å². The summed E-state index contributed by atoms with van der Waals surface area (Å²) in [5.74, 6) is -1.68. The largest absolute Gasteiger partial charge is 0.545 e. The minimum absolute atomic E-state index is 0.00317. The van der Waals surface area contributed by atoms with Gasteiger partial charge in [0.1, 0.15) is 0 Å². The van der Waals surface area contributed by atoms with E-state index < -0.39 is 12.0 Å². The summed E-state index contributed by atoms with van der Waals surface area (Å²) in [6, 6.07) is 5.11. The topological polar surface area (TPSA) is 107 Å². The number of carboxylic acid groups (broad SMARTS) is 1. The first-order chi connectivity index (χ1) is 14.4. The third kappa shape index (κ3) is 4.08. The fourth-order valence-corrected chi connectivity index (χ4v) is 4.74. The molecule has 0 aromatic heterocycles. The minimum Gasteiger partial charge on any atom is -0.545 e. The van der Waals surface area contributed by atoms with E-state index in [9.17, 15) is 24.3 Å². The van der Waals surface area contributed by atoms with Crippen LogP contribution in [-0.4, -0.2) is 80.4 Å². The summed E-state index contributed by atoms with van der Waals surface area (Å²) in [5.41, 5.74) is 0.371. The molecule has 0 radical (unpaired) electrons. The number of carbonyl (C=O) groups is 4. The van der Waals surface area contributed by atoms with Gasteiger partial charge in [0.2, 0.25) is 5.91 Å². The molecule has 3 fully saturated rings. The lowest BCUT2D eigenvalue weighted by Crippen LogP contribution is -3.19. The van der Waals surface area contributed by atoms with Gasteiger partial charge in [0.25, 0.3) is 11.8 Å². The zero-order valence-corrected chi connectivity index (χ0v) is 16.9. The Labute approximate surface area is 174 Å². The lowest BCUT2D eigenvalue weighted by Gasteiger charge is -2.34. The molecular weight excluding hydrogens is 388 g/mol. The number of imide groups is 1. The van der Waals surface area contributed by atoms with E-state index in [4.69, 9.17) is 0 Å². The molecule has 4 rings (SSSR count). The fourth-order valence-electron chi connectivity index (χ4n) is 4.74. The van der Waals surface area contributed by atoms with Crippen LogP contribution in [0.1, 0.15) is 29.6 Å². The maximum absolute atomic E-state index is 13.0. The number of nitrogens with zero attached hydrogens (tertiary/aromatic N) is 2. The van der Waals surface area contributed by atoms with Crippen LogP contribution in [0.3, 0.4) is 0 Å². The number of carbonyl (C=O) groups excluding carboxylic acids is 4. The van der Waals surface area contributed by atoms with Gasteiger partial charge in [0.15, 0.2) is 12.6 Å². The summed E-state index contributed by atoms with van der Waals surface area (Å²) < 4.78 is 0. The highest BCUT2D eigenvalue weighted by atomic mass is 16.4. The van der Waals surface area contributed by atoms with E-state index in [0.717, 1.165) is 22.9 Å². The number of rotatable bonds is 5. The monoisotopic (exact) mass is 415 g/mol. The van der Waals surface area contributed by atoms with Crippen molar-refractivity contribution >= 4 is 29.4 Å². The number of anilines is 1. The van der Waals surface area contributed by atoms with Crippen molar-refractivity contribution in [2.45, 2.75) is 25.3 Å². The molecular formula is C21H27N4O5+. The normalized spacial score (nSPS) is 23.4. The van der Waals surface area contributed by atoms with E-state index in [0.29, 0.717) is 38.4 Å². The summed E-state index contributed by atoms with van der Waals surface area (Å²) in [5, 5.41) is 10.9. The van der Waals surface area contributed by atoms with Crippen LogP contribution in [0.15, 0.2) is 24.3 Å². The second kappa shape index (κ2) is 8.53.